The van der Waals surface area contributed by atoms with Gasteiger partial charge in [-0.05, 0) is 42.7 Å². The Morgan fingerprint density at radius 1 is 0.881 bits per heavy atom. The van der Waals surface area contributed by atoms with Crippen LogP contribution in [0.1, 0.15) is 24.5 Å². The second-order valence-electron chi connectivity index (χ2n) is 9.90. The van der Waals surface area contributed by atoms with Crippen LogP contribution in [0.5, 0.6) is 5.75 Å². The topological polar surface area (TPSA) is 250 Å². The van der Waals surface area contributed by atoms with Gasteiger partial charge < -0.3 is 47.7 Å². The predicted octanol–water partition coefficient (Wildman–Crippen LogP) is -1.22. The molecule has 2 aromatic carbocycles. The molecule has 5 unspecified atom stereocenters. The summed E-state index contributed by atoms with van der Waals surface area (Å²) in [7, 11) is 0. The van der Waals surface area contributed by atoms with Crippen LogP contribution in [0, 0.1) is 0 Å². The number of aromatic amines is 1. The molecule has 0 saturated carbocycles. The van der Waals surface area contributed by atoms with Gasteiger partial charge in [-0.15, -0.1) is 0 Å². The fraction of sp³-hybridized carbons (Fsp3) is 0.321. The van der Waals surface area contributed by atoms with Crippen LogP contribution in [-0.4, -0.2) is 80.2 Å². The Morgan fingerprint density at radius 2 is 1.52 bits per heavy atom. The van der Waals surface area contributed by atoms with Crippen molar-refractivity contribution in [3.63, 3.8) is 0 Å². The largest absolute Gasteiger partial charge is 0.508 e. The summed E-state index contributed by atoms with van der Waals surface area (Å²) in [6.07, 6.45) is -0.550. The number of hydrogen-bond acceptors (Lipinski definition) is 8. The second-order valence-corrected chi connectivity index (χ2v) is 9.90. The van der Waals surface area contributed by atoms with E-state index in [-0.39, 0.29) is 18.6 Å². The van der Waals surface area contributed by atoms with Crippen LogP contribution in [0.4, 0.5) is 0 Å². The number of carbonyl (C=O) groups is 5. The molecule has 5 atom stereocenters. The van der Waals surface area contributed by atoms with E-state index in [1.54, 1.807) is 30.5 Å². The third-order valence-electron chi connectivity index (χ3n) is 6.54. The number of hydrogen-bond donors (Lipinski definition) is 9. The Balaban J connectivity index is 1.69. The Hall–Kier alpha value is -4.95. The molecule has 1 aromatic heterocycles. The molecule has 0 fully saturated rings. The number of para-hydroxylation sites is 1. The molecule has 1 heterocycles. The highest BCUT2D eigenvalue weighted by Gasteiger charge is 2.33. The van der Waals surface area contributed by atoms with Crippen molar-refractivity contribution >= 4 is 40.5 Å². The number of amides is 4. The quantitative estimate of drug-likeness (QED) is 0.110. The van der Waals surface area contributed by atoms with Crippen molar-refractivity contribution in [3.8, 4) is 5.75 Å². The Labute approximate surface area is 240 Å². The van der Waals surface area contributed by atoms with E-state index in [4.69, 9.17) is 11.5 Å². The van der Waals surface area contributed by atoms with Crippen molar-refractivity contribution < 1.29 is 39.3 Å². The van der Waals surface area contributed by atoms with Crippen LogP contribution in [0.3, 0.4) is 0 Å². The lowest BCUT2D eigenvalue weighted by Gasteiger charge is -2.26. The molecule has 0 bridgehead atoms. The first-order valence-electron chi connectivity index (χ1n) is 13.0. The summed E-state index contributed by atoms with van der Waals surface area (Å²) in [6.45, 7) is 1.20. The molecular formula is C28H34N6O8. The van der Waals surface area contributed by atoms with Crippen LogP contribution in [-0.2, 0) is 36.8 Å². The van der Waals surface area contributed by atoms with E-state index in [0.717, 1.165) is 10.9 Å². The fourth-order valence-corrected chi connectivity index (χ4v) is 4.31. The van der Waals surface area contributed by atoms with Gasteiger partial charge in [0, 0.05) is 23.5 Å². The summed E-state index contributed by atoms with van der Waals surface area (Å²) in [5.41, 5.74) is 13.2. The molecule has 4 amide bonds. The highest BCUT2D eigenvalue weighted by atomic mass is 16.4. The van der Waals surface area contributed by atoms with E-state index in [1.807, 2.05) is 12.1 Å². The molecule has 14 heteroatoms. The normalized spacial score (nSPS) is 14.6. The van der Waals surface area contributed by atoms with Crippen LogP contribution >= 0.6 is 0 Å². The summed E-state index contributed by atoms with van der Waals surface area (Å²) >= 11 is 0. The Bertz CT molecular complexity index is 1440. The van der Waals surface area contributed by atoms with Gasteiger partial charge in [0.05, 0.1) is 18.6 Å². The number of H-pyrrole nitrogens is 1. The zero-order valence-electron chi connectivity index (χ0n) is 22.7. The first-order chi connectivity index (χ1) is 19.8. The van der Waals surface area contributed by atoms with Gasteiger partial charge in [-0.3, -0.25) is 19.2 Å². The molecule has 3 rings (SSSR count). The van der Waals surface area contributed by atoms with Crippen LogP contribution in [0.15, 0.2) is 54.7 Å². The number of nitrogens with two attached hydrogens (primary N) is 2. The lowest BCUT2D eigenvalue weighted by atomic mass is 10.0. The molecule has 0 spiro atoms. The highest BCUT2D eigenvalue weighted by Crippen LogP contribution is 2.19. The lowest BCUT2D eigenvalue weighted by Crippen LogP contribution is -2.60. The summed E-state index contributed by atoms with van der Waals surface area (Å²) in [5.74, 6) is -5.08. The van der Waals surface area contributed by atoms with Crippen molar-refractivity contribution in [2.24, 2.45) is 11.5 Å². The minimum atomic E-state index is -1.64. The van der Waals surface area contributed by atoms with Crippen molar-refractivity contribution in [1.82, 2.24) is 20.9 Å². The zero-order valence-corrected chi connectivity index (χ0v) is 22.7. The standard InChI is InChI=1S/C28H34N6O8/c1-14(35)24(27(40)33-22(28(41)42)11-16-13-31-20-5-3-2-4-18(16)20)34-26(39)21(12-23(30)37)32-25(38)19(29)10-15-6-8-17(36)9-7-15/h2-9,13-14,19,21-22,24,31,35-36H,10-12,29H2,1H3,(H2,30,37)(H,32,38)(H,33,40)(H,34,39)(H,41,42). The number of fused-ring (bicyclic) bond motifs is 1. The first-order valence-corrected chi connectivity index (χ1v) is 13.0. The van der Waals surface area contributed by atoms with Crippen molar-refractivity contribution in [3.05, 3.63) is 65.9 Å². The number of carboxylic acid groups (broad SMARTS) is 1. The molecule has 42 heavy (non-hydrogen) atoms. The van der Waals surface area contributed by atoms with Crippen LogP contribution in [0.25, 0.3) is 10.9 Å². The minimum Gasteiger partial charge on any atom is -0.508 e. The number of phenolic OH excluding ortho intramolecular Hbond substituents is 1. The number of carbonyl (C=O) groups excluding carboxylic acids is 4. The third kappa shape index (κ3) is 8.52. The van der Waals surface area contributed by atoms with Gasteiger partial charge in [0.25, 0.3) is 0 Å². The first kappa shape index (κ1) is 31.6. The maximum atomic E-state index is 13.1. The van der Waals surface area contributed by atoms with Gasteiger partial charge in [0.2, 0.25) is 23.6 Å². The van der Waals surface area contributed by atoms with Crippen molar-refractivity contribution in [2.45, 2.75) is 56.5 Å². The van der Waals surface area contributed by atoms with Crippen molar-refractivity contribution in [1.29, 1.82) is 0 Å². The molecule has 3 aromatic rings. The number of aliphatic hydroxyl groups excluding tert-OH is 1. The maximum Gasteiger partial charge on any atom is 0.326 e. The number of aliphatic hydroxyl groups is 1. The van der Waals surface area contributed by atoms with E-state index in [2.05, 4.69) is 20.9 Å². The molecule has 224 valence electrons. The third-order valence-corrected chi connectivity index (χ3v) is 6.54. The summed E-state index contributed by atoms with van der Waals surface area (Å²) in [6, 6.07) is 7.43. The van der Waals surface area contributed by atoms with Gasteiger partial charge in [-0.1, -0.05) is 30.3 Å². The summed E-state index contributed by atoms with van der Waals surface area (Å²) < 4.78 is 0. The minimum absolute atomic E-state index is 0.0271. The smallest absolute Gasteiger partial charge is 0.326 e. The number of benzene rings is 2. The number of aromatic nitrogens is 1. The maximum absolute atomic E-state index is 13.1. The number of primary amides is 1. The number of aliphatic carboxylic acids is 1. The zero-order chi connectivity index (χ0) is 31.0. The molecular weight excluding hydrogens is 548 g/mol. The van der Waals surface area contributed by atoms with E-state index < -0.39 is 66.3 Å². The lowest BCUT2D eigenvalue weighted by molar-refractivity contribution is -0.143. The highest BCUT2D eigenvalue weighted by molar-refractivity contribution is 5.96. The molecule has 0 radical (unpaired) electrons. The molecule has 0 aliphatic heterocycles. The van der Waals surface area contributed by atoms with E-state index in [0.29, 0.717) is 11.1 Å². The fourth-order valence-electron chi connectivity index (χ4n) is 4.31. The van der Waals surface area contributed by atoms with Crippen LogP contribution in [0.2, 0.25) is 0 Å². The number of phenols is 1. The van der Waals surface area contributed by atoms with E-state index in [9.17, 15) is 39.3 Å². The van der Waals surface area contributed by atoms with Crippen molar-refractivity contribution in [2.75, 3.05) is 0 Å². The SMILES string of the molecule is CC(O)C(NC(=O)C(CC(N)=O)NC(=O)C(N)Cc1ccc(O)cc1)C(=O)NC(Cc1c[nH]c2ccccc12)C(=O)O. The number of carboxylic acids is 1. The molecule has 0 aliphatic carbocycles. The van der Waals surface area contributed by atoms with E-state index in [1.165, 1.54) is 19.1 Å². The van der Waals surface area contributed by atoms with Gasteiger partial charge in [-0.2, -0.15) is 0 Å². The average Bonchev–Trinajstić information content (AvgIpc) is 3.34. The monoisotopic (exact) mass is 582 g/mol. The average molecular weight is 583 g/mol. The van der Waals surface area contributed by atoms with Crippen LogP contribution < -0.4 is 27.4 Å². The van der Waals surface area contributed by atoms with Gasteiger partial charge in [0.1, 0.15) is 23.9 Å². The predicted molar refractivity (Wildman–Crippen MR) is 151 cm³/mol. The molecule has 11 N–H and O–H groups in total. The Morgan fingerprint density at radius 3 is 2.14 bits per heavy atom. The second kappa shape index (κ2) is 14.1. The molecule has 14 nitrogen and oxygen atoms in total. The number of nitrogens with one attached hydrogen (secondary N) is 4. The summed E-state index contributed by atoms with van der Waals surface area (Å²) in [4.78, 5) is 65.5. The Kier molecular flexibility index (Phi) is 10.6. The molecule has 0 aliphatic rings. The summed E-state index contributed by atoms with van der Waals surface area (Å²) in [5, 5.41) is 37.1. The van der Waals surface area contributed by atoms with Gasteiger partial charge >= 0.3 is 5.97 Å². The van der Waals surface area contributed by atoms with E-state index >= 15 is 0 Å². The number of aromatic hydroxyl groups is 1. The van der Waals surface area contributed by atoms with Gasteiger partial charge in [0.15, 0.2) is 0 Å². The number of rotatable bonds is 14. The van der Waals surface area contributed by atoms with Gasteiger partial charge in [-0.25, -0.2) is 4.79 Å². The molecule has 0 saturated heterocycles.